The Morgan fingerprint density at radius 3 is 2.69 bits per heavy atom. The van der Waals surface area contributed by atoms with Crippen molar-refractivity contribution in [2.45, 2.75) is 91.1 Å². The summed E-state index contributed by atoms with van der Waals surface area (Å²) in [6, 6.07) is 0. The van der Waals surface area contributed by atoms with Crippen LogP contribution in [0.25, 0.3) is 0 Å². The highest BCUT2D eigenvalue weighted by Crippen LogP contribution is 2.67. The predicted molar refractivity (Wildman–Crippen MR) is 107 cm³/mol. The quantitative estimate of drug-likeness (QED) is 0.665. The lowest BCUT2D eigenvalue weighted by Gasteiger charge is -2.58. The molecule has 0 amide bonds. The van der Waals surface area contributed by atoms with Crippen molar-refractivity contribution in [2.75, 3.05) is 6.61 Å². The molecule has 0 aromatic carbocycles. The lowest BCUT2D eigenvalue weighted by atomic mass is 9.47. The lowest BCUT2D eigenvalue weighted by molar-refractivity contribution is -0.0574. The highest BCUT2D eigenvalue weighted by atomic mass is 16.3. The van der Waals surface area contributed by atoms with Gasteiger partial charge in [-0.05, 0) is 105 Å². The molecule has 0 aromatic heterocycles. The average molecular weight is 361 g/mol. The summed E-state index contributed by atoms with van der Waals surface area (Å²) in [7, 11) is 0. The van der Waals surface area contributed by atoms with Crippen LogP contribution in [-0.2, 0) is 0 Å². The van der Waals surface area contributed by atoms with E-state index < -0.39 is 0 Å². The lowest BCUT2D eigenvalue weighted by Crippen LogP contribution is -2.50. The van der Waals surface area contributed by atoms with E-state index in [1.165, 1.54) is 44.9 Å². The van der Waals surface area contributed by atoms with Crippen LogP contribution in [0, 0.1) is 40.4 Å². The smallest absolute Gasteiger partial charge is 0.0577 e. The first-order valence-corrected chi connectivity index (χ1v) is 11.4. The van der Waals surface area contributed by atoms with Crippen molar-refractivity contribution in [2.24, 2.45) is 40.4 Å². The Bertz CT molecular complexity index is 554. The molecule has 26 heavy (non-hydrogen) atoms. The van der Waals surface area contributed by atoms with E-state index in [1.54, 1.807) is 5.57 Å². The number of allylic oxidation sites excluding steroid dienone is 1. The third-order valence-corrected chi connectivity index (χ3v) is 9.66. The Kier molecular flexibility index (Phi) is 5.06. The molecule has 0 spiro atoms. The highest BCUT2D eigenvalue weighted by Gasteiger charge is 2.58. The second-order valence-electron chi connectivity index (χ2n) is 10.7. The van der Waals surface area contributed by atoms with E-state index in [1.807, 2.05) is 0 Å². The minimum Gasteiger partial charge on any atom is -0.396 e. The maximum absolute atomic E-state index is 10.2. The zero-order chi connectivity index (χ0) is 18.5. The molecule has 0 saturated heterocycles. The number of fused-ring (bicyclic) bond motifs is 5. The van der Waals surface area contributed by atoms with Gasteiger partial charge < -0.3 is 10.2 Å². The van der Waals surface area contributed by atoms with Gasteiger partial charge in [-0.3, -0.25) is 0 Å². The fraction of sp³-hybridized carbons (Fsp3) is 0.917. The molecule has 148 valence electrons. The first-order valence-electron chi connectivity index (χ1n) is 11.4. The average Bonchev–Trinajstić information content (AvgIpc) is 2.97. The molecule has 0 aliphatic heterocycles. The van der Waals surface area contributed by atoms with Crippen molar-refractivity contribution < 1.29 is 10.2 Å². The van der Waals surface area contributed by atoms with Crippen LogP contribution in [0.15, 0.2) is 11.6 Å². The largest absolute Gasteiger partial charge is 0.396 e. The molecule has 4 aliphatic rings. The van der Waals surface area contributed by atoms with Crippen LogP contribution in [0.2, 0.25) is 0 Å². The van der Waals surface area contributed by atoms with Gasteiger partial charge in [-0.2, -0.15) is 0 Å². The molecular weight excluding hydrogens is 320 g/mol. The van der Waals surface area contributed by atoms with Gasteiger partial charge in [0.15, 0.2) is 0 Å². The number of hydrogen-bond donors (Lipinski definition) is 2. The van der Waals surface area contributed by atoms with E-state index in [-0.39, 0.29) is 6.10 Å². The molecule has 2 N–H and O–H groups in total. The predicted octanol–water partition coefficient (Wildman–Crippen LogP) is 5.33. The maximum atomic E-state index is 10.2. The van der Waals surface area contributed by atoms with Crippen molar-refractivity contribution in [1.82, 2.24) is 0 Å². The van der Waals surface area contributed by atoms with Gasteiger partial charge in [-0.15, -0.1) is 0 Å². The Labute approximate surface area is 160 Å². The first-order chi connectivity index (χ1) is 12.4. The minimum atomic E-state index is -0.0945. The van der Waals surface area contributed by atoms with Crippen LogP contribution in [0.1, 0.15) is 85.0 Å². The van der Waals surface area contributed by atoms with Gasteiger partial charge in [0.05, 0.1) is 6.10 Å². The highest BCUT2D eigenvalue weighted by molar-refractivity contribution is 5.25. The molecular formula is C24H40O2. The summed E-state index contributed by atoms with van der Waals surface area (Å²) < 4.78 is 0. The van der Waals surface area contributed by atoms with Crippen molar-refractivity contribution in [3.8, 4) is 0 Å². The monoisotopic (exact) mass is 360 g/mol. The molecule has 0 radical (unpaired) electrons. The molecule has 3 fully saturated rings. The standard InChI is InChI=1S/C24H40O2/c1-16(5-4-14-25)20-8-9-21-19-7-6-17-15-18(26)10-12-23(17,2)22(19)11-13-24(20,21)3/h6,16,18-22,25-26H,4-5,7-15H2,1-3H3/t16-,18+,19+,20-,21+,22+,23+,24-/m1/s1. The van der Waals surface area contributed by atoms with Gasteiger partial charge >= 0.3 is 0 Å². The summed E-state index contributed by atoms with van der Waals surface area (Å²) in [4.78, 5) is 0. The van der Waals surface area contributed by atoms with Crippen LogP contribution < -0.4 is 0 Å². The summed E-state index contributed by atoms with van der Waals surface area (Å²) in [5.74, 6) is 4.21. The molecule has 0 heterocycles. The SMILES string of the molecule is C[C@H](CCCO)[C@H]1CC[C@H]2[C@@H]3CC=C4C[C@@H](O)CC[C@]4(C)[C@H]3CC[C@]12C. The molecule has 4 aliphatic carbocycles. The summed E-state index contributed by atoms with van der Waals surface area (Å²) in [6.45, 7) is 7.94. The minimum absolute atomic E-state index is 0.0945. The third kappa shape index (κ3) is 2.82. The van der Waals surface area contributed by atoms with Crippen LogP contribution in [0.4, 0.5) is 0 Å². The summed E-state index contributed by atoms with van der Waals surface area (Å²) in [6.07, 6.45) is 14.6. The first kappa shape index (κ1) is 19.0. The van der Waals surface area contributed by atoms with Gasteiger partial charge in [-0.1, -0.05) is 32.4 Å². The van der Waals surface area contributed by atoms with E-state index in [0.29, 0.717) is 17.4 Å². The van der Waals surface area contributed by atoms with Gasteiger partial charge in [0.1, 0.15) is 0 Å². The molecule has 2 heteroatoms. The number of aliphatic hydroxyl groups excluding tert-OH is 2. The van der Waals surface area contributed by atoms with Gasteiger partial charge in [0.2, 0.25) is 0 Å². The summed E-state index contributed by atoms with van der Waals surface area (Å²) in [5.41, 5.74) is 2.47. The molecule has 0 unspecified atom stereocenters. The van der Waals surface area contributed by atoms with Gasteiger partial charge in [0.25, 0.3) is 0 Å². The van der Waals surface area contributed by atoms with Crippen molar-refractivity contribution in [3.05, 3.63) is 11.6 Å². The zero-order valence-corrected chi connectivity index (χ0v) is 17.2. The fourth-order valence-electron chi connectivity index (χ4n) is 8.23. The molecule has 0 bridgehead atoms. The van der Waals surface area contributed by atoms with Crippen LogP contribution >= 0.6 is 0 Å². The van der Waals surface area contributed by atoms with Gasteiger partial charge in [0, 0.05) is 6.61 Å². The summed E-state index contributed by atoms with van der Waals surface area (Å²) >= 11 is 0. The number of aliphatic hydroxyl groups is 2. The van der Waals surface area contributed by atoms with E-state index in [4.69, 9.17) is 0 Å². The summed E-state index contributed by atoms with van der Waals surface area (Å²) in [5, 5.41) is 19.4. The Balaban J connectivity index is 1.56. The molecule has 2 nitrogen and oxygen atoms in total. The zero-order valence-electron chi connectivity index (χ0n) is 17.2. The third-order valence-electron chi connectivity index (χ3n) is 9.66. The maximum Gasteiger partial charge on any atom is 0.0577 e. The molecule has 4 rings (SSSR count). The van der Waals surface area contributed by atoms with Gasteiger partial charge in [-0.25, -0.2) is 0 Å². The van der Waals surface area contributed by atoms with E-state index in [2.05, 4.69) is 26.8 Å². The van der Waals surface area contributed by atoms with Crippen LogP contribution in [0.5, 0.6) is 0 Å². The molecule has 8 atom stereocenters. The topological polar surface area (TPSA) is 40.5 Å². The normalized spacial score (nSPS) is 49.0. The van der Waals surface area contributed by atoms with E-state index in [9.17, 15) is 10.2 Å². The Hall–Kier alpha value is -0.340. The van der Waals surface area contributed by atoms with Crippen molar-refractivity contribution >= 4 is 0 Å². The van der Waals surface area contributed by atoms with Crippen LogP contribution in [-0.4, -0.2) is 22.9 Å². The molecule has 3 saturated carbocycles. The fourth-order valence-corrected chi connectivity index (χ4v) is 8.23. The second kappa shape index (κ2) is 6.92. The Morgan fingerprint density at radius 1 is 1.12 bits per heavy atom. The molecule has 0 aromatic rings. The second-order valence-corrected chi connectivity index (χ2v) is 10.7. The van der Waals surface area contributed by atoms with Crippen LogP contribution in [0.3, 0.4) is 0 Å². The van der Waals surface area contributed by atoms with Crippen molar-refractivity contribution in [1.29, 1.82) is 0 Å². The Morgan fingerprint density at radius 2 is 1.92 bits per heavy atom. The number of rotatable bonds is 4. The van der Waals surface area contributed by atoms with E-state index in [0.717, 1.165) is 48.9 Å². The van der Waals surface area contributed by atoms with E-state index >= 15 is 0 Å². The van der Waals surface area contributed by atoms with Crippen molar-refractivity contribution in [3.63, 3.8) is 0 Å². The number of hydrogen-bond acceptors (Lipinski definition) is 2.